The second-order valence-electron chi connectivity index (χ2n) is 2.97. The van der Waals surface area contributed by atoms with Crippen molar-refractivity contribution in [3.8, 4) is 0 Å². The molecule has 1 heterocycles. The zero-order valence-corrected chi connectivity index (χ0v) is 6.86. The summed E-state index contributed by atoms with van der Waals surface area (Å²) in [5.74, 6) is 0. The average Bonchev–Trinajstić information content (AvgIpc) is 2.14. The molecule has 54 valence electrons. The smallest absolute Gasteiger partial charge is 0.0475 e. The fraction of sp³-hybridized carbons (Fsp3) is 1.00. The Morgan fingerprint density at radius 1 is 1.56 bits per heavy atom. The van der Waals surface area contributed by atoms with Gasteiger partial charge in [-0.3, -0.25) is 4.90 Å². The van der Waals surface area contributed by atoms with E-state index in [9.17, 15) is 0 Å². The minimum atomic E-state index is 0.410. The zero-order valence-electron chi connectivity index (χ0n) is 6.10. The van der Waals surface area contributed by atoms with Crippen LogP contribution in [-0.4, -0.2) is 29.4 Å². The second-order valence-corrected chi connectivity index (χ2v) is 3.59. The number of hydrogen-bond acceptors (Lipinski definition) is 1. The lowest BCUT2D eigenvalue weighted by Crippen LogP contribution is -2.28. The zero-order chi connectivity index (χ0) is 6.85. The standard InChI is InChI=1S/C7H14ClN/c1-6(2)9-4-3-7(8)5-9/h6-7H,3-5H2,1-2H3/t7-/m0/s1. The first kappa shape index (κ1) is 7.36. The molecule has 0 unspecified atom stereocenters. The molecular formula is C7H14ClN. The van der Waals surface area contributed by atoms with Gasteiger partial charge in [0.25, 0.3) is 0 Å². The fourth-order valence-electron chi connectivity index (χ4n) is 1.21. The largest absolute Gasteiger partial charge is 0.299 e. The van der Waals surface area contributed by atoms with E-state index in [0.29, 0.717) is 11.4 Å². The van der Waals surface area contributed by atoms with Gasteiger partial charge in [0, 0.05) is 18.0 Å². The van der Waals surface area contributed by atoms with Gasteiger partial charge in [0.15, 0.2) is 0 Å². The highest BCUT2D eigenvalue weighted by Crippen LogP contribution is 2.16. The number of halogens is 1. The summed E-state index contributed by atoms with van der Waals surface area (Å²) < 4.78 is 0. The van der Waals surface area contributed by atoms with Gasteiger partial charge >= 0.3 is 0 Å². The highest BCUT2D eigenvalue weighted by Gasteiger charge is 2.21. The van der Waals surface area contributed by atoms with Crippen LogP contribution in [0.3, 0.4) is 0 Å². The van der Waals surface area contributed by atoms with Gasteiger partial charge in [-0.25, -0.2) is 0 Å². The number of hydrogen-bond donors (Lipinski definition) is 0. The molecule has 0 saturated carbocycles. The summed E-state index contributed by atoms with van der Waals surface area (Å²) in [7, 11) is 0. The van der Waals surface area contributed by atoms with E-state index in [1.165, 1.54) is 13.0 Å². The molecule has 1 aliphatic rings. The van der Waals surface area contributed by atoms with Crippen LogP contribution >= 0.6 is 11.6 Å². The molecule has 1 aliphatic heterocycles. The average molecular weight is 148 g/mol. The fourth-order valence-corrected chi connectivity index (χ4v) is 1.49. The summed E-state index contributed by atoms with van der Waals surface area (Å²) in [4.78, 5) is 2.41. The summed E-state index contributed by atoms with van der Waals surface area (Å²) in [6, 6.07) is 0.675. The molecule has 0 bridgehead atoms. The summed E-state index contributed by atoms with van der Waals surface area (Å²) in [5.41, 5.74) is 0. The van der Waals surface area contributed by atoms with Gasteiger partial charge in [-0.1, -0.05) is 0 Å². The summed E-state index contributed by atoms with van der Waals surface area (Å²) in [6.07, 6.45) is 1.17. The highest BCUT2D eigenvalue weighted by atomic mass is 35.5. The minimum Gasteiger partial charge on any atom is -0.299 e. The SMILES string of the molecule is CC(C)N1CC[C@H](Cl)C1. The van der Waals surface area contributed by atoms with Gasteiger partial charge in [-0.05, 0) is 26.8 Å². The highest BCUT2D eigenvalue weighted by molar-refractivity contribution is 6.20. The van der Waals surface area contributed by atoms with E-state index in [2.05, 4.69) is 18.7 Å². The van der Waals surface area contributed by atoms with Gasteiger partial charge in [0.05, 0.1) is 0 Å². The first-order valence-electron chi connectivity index (χ1n) is 3.58. The first-order valence-corrected chi connectivity index (χ1v) is 4.02. The number of alkyl halides is 1. The lowest BCUT2D eigenvalue weighted by molar-refractivity contribution is 0.276. The molecule has 1 saturated heterocycles. The van der Waals surface area contributed by atoms with Gasteiger partial charge < -0.3 is 0 Å². The van der Waals surface area contributed by atoms with Crippen LogP contribution < -0.4 is 0 Å². The van der Waals surface area contributed by atoms with Crippen molar-refractivity contribution in [2.24, 2.45) is 0 Å². The first-order chi connectivity index (χ1) is 4.20. The van der Waals surface area contributed by atoms with E-state index in [1.54, 1.807) is 0 Å². The van der Waals surface area contributed by atoms with Gasteiger partial charge in [0.2, 0.25) is 0 Å². The molecule has 0 aliphatic carbocycles. The molecule has 0 spiro atoms. The third-order valence-corrected chi connectivity index (χ3v) is 2.25. The quantitative estimate of drug-likeness (QED) is 0.511. The van der Waals surface area contributed by atoms with E-state index < -0.39 is 0 Å². The number of rotatable bonds is 1. The van der Waals surface area contributed by atoms with Crippen molar-refractivity contribution in [1.82, 2.24) is 4.90 Å². The molecule has 2 heteroatoms. The van der Waals surface area contributed by atoms with Crippen LogP contribution in [0.2, 0.25) is 0 Å². The maximum Gasteiger partial charge on any atom is 0.0475 e. The molecule has 0 amide bonds. The number of nitrogens with zero attached hydrogens (tertiary/aromatic N) is 1. The van der Waals surface area contributed by atoms with Crippen molar-refractivity contribution in [2.75, 3.05) is 13.1 Å². The van der Waals surface area contributed by atoms with Crippen LogP contribution in [0.1, 0.15) is 20.3 Å². The minimum absolute atomic E-state index is 0.410. The lowest BCUT2D eigenvalue weighted by atomic mass is 10.3. The Hall–Kier alpha value is 0.250. The Balaban J connectivity index is 2.30. The van der Waals surface area contributed by atoms with Gasteiger partial charge in [-0.15, -0.1) is 11.6 Å². The van der Waals surface area contributed by atoms with Crippen LogP contribution in [0.4, 0.5) is 0 Å². The summed E-state index contributed by atoms with van der Waals surface area (Å²) >= 11 is 5.91. The Labute approximate surface area is 62.0 Å². The molecule has 1 atom stereocenters. The Kier molecular flexibility index (Phi) is 2.36. The van der Waals surface area contributed by atoms with Crippen LogP contribution in [0, 0.1) is 0 Å². The van der Waals surface area contributed by atoms with E-state index in [1.807, 2.05) is 0 Å². The molecule has 0 aromatic carbocycles. The van der Waals surface area contributed by atoms with Gasteiger partial charge in [-0.2, -0.15) is 0 Å². The Morgan fingerprint density at radius 3 is 2.44 bits per heavy atom. The third-order valence-electron chi connectivity index (χ3n) is 1.89. The van der Waals surface area contributed by atoms with E-state index in [0.717, 1.165) is 6.54 Å². The van der Waals surface area contributed by atoms with Crippen molar-refractivity contribution >= 4 is 11.6 Å². The van der Waals surface area contributed by atoms with Crippen molar-refractivity contribution < 1.29 is 0 Å². The molecule has 0 aromatic heterocycles. The maximum absolute atomic E-state index is 5.91. The van der Waals surface area contributed by atoms with Crippen LogP contribution in [-0.2, 0) is 0 Å². The molecule has 0 aromatic rings. The molecule has 0 N–H and O–H groups in total. The Bertz CT molecular complexity index is 92.9. The predicted octanol–water partition coefficient (Wildman–Crippen LogP) is 1.71. The molecule has 1 fully saturated rings. The molecule has 0 radical (unpaired) electrons. The molecule has 1 rings (SSSR count). The molecular weight excluding hydrogens is 134 g/mol. The van der Waals surface area contributed by atoms with Gasteiger partial charge in [0.1, 0.15) is 0 Å². The lowest BCUT2D eigenvalue weighted by Gasteiger charge is -2.18. The topological polar surface area (TPSA) is 3.24 Å². The van der Waals surface area contributed by atoms with E-state index in [-0.39, 0.29) is 0 Å². The van der Waals surface area contributed by atoms with Crippen LogP contribution in [0.5, 0.6) is 0 Å². The second kappa shape index (κ2) is 2.89. The normalized spacial score (nSPS) is 30.0. The van der Waals surface area contributed by atoms with Crippen molar-refractivity contribution in [3.05, 3.63) is 0 Å². The van der Waals surface area contributed by atoms with Crippen molar-refractivity contribution in [1.29, 1.82) is 0 Å². The van der Waals surface area contributed by atoms with E-state index in [4.69, 9.17) is 11.6 Å². The molecule has 1 nitrogen and oxygen atoms in total. The summed E-state index contributed by atoms with van der Waals surface area (Å²) in [5, 5.41) is 0.410. The third kappa shape index (κ3) is 1.84. The number of likely N-dealkylation sites (tertiary alicyclic amines) is 1. The Morgan fingerprint density at radius 2 is 2.22 bits per heavy atom. The predicted molar refractivity (Wildman–Crippen MR) is 41.0 cm³/mol. The van der Waals surface area contributed by atoms with Crippen molar-refractivity contribution in [3.63, 3.8) is 0 Å². The maximum atomic E-state index is 5.91. The summed E-state index contributed by atoms with van der Waals surface area (Å²) in [6.45, 7) is 6.70. The monoisotopic (exact) mass is 147 g/mol. The van der Waals surface area contributed by atoms with Crippen LogP contribution in [0.15, 0.2) is 0 Å². The van der Waals surface area contributed by atoms with Crippen LogP contribution in [0.25, 0.3) is 0 Å². The van der Waals surface area contributed by atoms with E-state index >= 15 is 0 Å². The molecule has 9 heavy (non-hydrogen) atoms. The van der Waals surface area contributed by atoms with Crippen molar-refractivity contribution in [2.45, 2.75) is 31.7 Å².